The molecule has 0 fully saturated rings. The minimum Gasteiger partial charge on any atom is -0.350 e. The molecule has 0 aliphatic heterocycles. The summed E-state index contributed by atoms with van der Waals surface area (Å²) in [5, 5.41) is 3.40. The second-order valence-electron chi connectivity index (χ2n) is 5.78. The molecular weight excluding hydrogens is 264 g/mol. The van der Waals surface area contributed by atoms with E-state index in [4.69, 9.17) is 0 Å². The van der Waals surface area contributed by atoms with Crippen molar-refractivity contribution in [2.24, 2.45) is 0 Å². The average molecular weight is 294 g/mol. The van der Waals surface area contributed by atoms with Crippen LogP contribution in [-0.2, 0) is 4.79 Å². The first-order valence-electron chi connectivity index (χ1n) is 6.71. The number of quaternary nitrogens is 1. The molecule has 1 atom stereocenters. The van der Waals surface area contributed by atoms with Gasteiger partial charge in [0.2, 0.25) is 5.91 Å². The number of thiol groups is 2. The highest BCUT2D eigenvalue weighted by atomic mass is 32.1. The van der Waals surface area contributed by atoms with Gasteiger partial charge in [-0.05, 0) is 25.0 Å². The molecule has 0 heterocycles. The maximum absolute atomic E-state index is 11.5. The molecule has 5 heteroatoms. The van der Waals surface area contributed by atoms with Gasteiger partial charge in [-0.3, -0.25) is 4.79 Å². The van der Waals surface area contributed by atoms with Crippen LogP contribution in [-0.4, -0.2) is 55.6 Å². The largest absolute Gasteiger partial charge is 0.350 e. The molecule has 0 saturated heterocycles. The summed E-state index contributed by atoms with van der Waals surface area (Å²) in [7, 11) is 6.38. The van der Waals surface area contributed by atoms with Crippen molar-refractivity contribution < 1.29 is 9.28 Å². The molecular formula is C13H29N2OS2+. The third kappa shape index (κ3) is 12.6. The van der Waals surface area contributed by atoms with Gasteiger partial charge < -0.3 is 9.80 Å². The highest BCUT2D eigenvalue weighted by Gasteiger charge is 2.08. The van der Waals surface area contributed by atoms with E-state index in [2.05, 4.69) is 51.7 Å². The van der Waals surface area contributed by atoms with Crippen molar-refractivity contribution in [2.45, 2.75) is 37.4 Å². The minimum absolute atomic E-state index is 0.174. The van der Waals surface area contributed by atoms with E-state index in [-0.39, 0.29) is 5.91 Å². The van der Waals surface area contributed by atoms with Gasteiger partial charge in [0.25, 0.3) is 0 Å². The zero-order valence-electron chi connectivity index (χ0n) is 12.0. The van der Waals surface area contributed by atoms with E-state index in [9.17, 15) is 4.79 Å². The summed E-state index contributed by atoms with van der Waals surface area (Å²) in [6.07, 6.45) is 4.79. The lowest BCUT2D eigenvalue weighted by Gasteiger charge is -2.23. The number of rotatable bonds is 10. The normalized spacial score (nSPS) is 13.4. The third-order valence-electron chi connectivity index (χ3n) is 2.76. The summed E-state index contributed by atoms with van der Waals surface area (Å²) in [4.78, 5) is 11.5. The fourth-order valence-corrected chi connectivity index (χ4v) is 2.41. The van der Waals surface area contributed by atoms with Crippen molar-refractivity contribution in [3.63, 3.8) is 0 Å². The standard InChI is InChI=1S/C13H28N2OS2/c1-15(2,3)10-9-14-13(16)7-5-4-6-12(18)8-11-17/h12H,4-11H2,1-3H3,(H2-,14,16,17,18)/p+1. The van der Waals surface area contributed by atoms with Crippen molar-refractivity contribution in [2.75, 3.05) is 40.0 Å². The molecule has 0 spiro atoms. The van der Waals surface area contributed by atoms with Crippen molar-refractivity contribution in [1.82, 2.24) is 5.32 Å². The number of amides is 1. The van der Waals surface area contributed by atoms with Crippen LogP contribution >= 0.6 is 25.3 Å². The van der Waals surface area contributed by atoms with Gasteiger partial charge >= 0.3 is 0 Å². The quantitative estimate of drug-likeness (QED) is 0.321. The molecule has 0 radical (unpaired) electrons. The summed E-state index contributed by atoms with van der Waals surface area (Å²) < 4.78 is 0.880. The molecule has 3 nitrogen and oxygen atoms in total. The summed E-state index contributed by atoms with van der Waals surface area (Å²) in [6.45, 7) is 1.73. The number of nitrogens with zero attached hydrogens (tertiary/aromatic N) is 1. The molecule has 1 unspecified atom stereocenters. The Morgan fingerprint density at radius 1 is 1.22 bits per heavy atom. The van der Waals surface area contributed by atoms with E-state index >= 15 is 0 Å². The van der Waals surface area contributed by atoms with E-state index in [1.54, 1.807) is 0 Å². The van der Waals surface area contributed by atoms with Gasteiger partial charge in [-0.25, -0.2) is 0 Å². The number of hydrogen-bond acceptors (Lipinski definition) is 3. The molecule has 0 aliphatic carbocycles. The van der Waals surface area contributed by atoms with Crippen molar-refractivity contribution in [3.8, 4) is 0 Å². The summed E-state index contributed by atoms with van der Waals surface area (Å²) >= 11 is 8.66. The number of nitrogens with one attached hydrogen (secondary N) is 1. The maximum atomic E-state index is 11.5. The van der Waals surface area contributed by atoms with Gasteiger partial charge in [-0.1, -0.05) is 6.42 Å². The maximum Gasteiger partial charge on any atom is 0.220 e. The van der Waals surface area contributed by atoms with Crippen molar-refractivity contribution in [3.05, 3.63) is 0 Å². The molecule has 0 aromatic carbocycles. The average Bonchev–Trinajstić information content (AvgIpc) is 2.23. The molecule has 18 heavy (non-hydrogen) atoms. The smallest absolute Gasteiger partial charge is 0.220 e. The summed E-state index contributed by atoms with van der Waals surface area (Å²) in [5.41, 5.74) is 0. The van der Waals surface area contributed by atoms with Crippen LogP contribution in [0.3, 0.4) is 0 Å². The number of carbonyl (C=O) groups is 1. The Bertz CT molecular complexity index is 230. The number of likely N-dealkylation sites (N-methyl/N-ethyl adjacent to an activating group) is 1. The summed E-state index contributed by atoms with van der Waals surface area (Å²) in [6, 6.07) is 0. The predicted molar refractivity (Wildman–Crippen MR) is 85.6 cm³/mol. The van der Waals surface area contributed by atoms with Gasteiger partial charge in [0, 0.05) is 11.7 Å². The van der Waals surface area contributed by atoms with Crippen LogP contribution in [0.25, 0.3) is 0 Å². The van der Waals surface area contributed by atoms with E-state index in [1.807, 2.05) is 0 Å². The monoisotopic (exact) mass is 293 g/mol. The Morgan fingerprint density at radius 3 is 2.44 bits per heavy atom. The zero-order valence-corrected chi connectivity index (χ0v) is 13.8. The van der Waals surface area contributed by atoms with E-state index in [0.717, 1.165) is 49.0 Å². The highest BCUT2D eigenvalue weighted by Crippen LogP contribution is 2.12. The molecule has 0 saturated carbocycles. The first-order valence-corrected chi connectivity index (χ1v) is 7.86. The number of carbonyl (C=O) groups excluding carboxylic acids is 1. The lowest BCUT2D eigenvalue weighted by Crippen LogP contribution is -2.41. The Morgan fingerprint density at radius 2 is 1.89 bits per heavy atom. The summed E-state index contributed by atoms with van der Waals surface area (Å²) in [5.74, 6) is 1.06. The Kier molecular flexibility index (Phi) is 10.1. The van der Waals surface area contributed by atoms with Gasteiger partial charge in [-0.15, -0.1) is 0 Å². The van der Waals surface area contributed by atoms with E-state index in [0.29, 0.717) is 11.7 Å². The predicted octanol–water partition coefficient (Wildman–Crippen LogP) is 1.99. The lowest BCUT2D eigenvalue weighted by atomic mass is 10.1. The Labute approximate surface area is 123 Å². The van der Waals surface area contributed by atoms with Crippen molar-refractivity contribution in [1.29, 1.82) is 0 Å². The van der Waals surface area contributed by atoms with E-state index in [1.165, 1.54) is 0 Å². The molecule has 0 bridgehead atoms. The SMILES string of the molecule is C[N+](C)(C)CCNC(=O)CCCCC(S)CCS. The molecule has 0 aliphatic rings. The molecule has 1 N–H and O–H groups in total. The fraction of sp³-hybridized carbons (Fsp3) is 0.923. The van der Waals surface area contributed by atoms with Crippen LogP contribution in [0.2, 0.25) is 0 Å². The zero-order chi connectivity index (χ0) is 14.0. The van der Waals surface area contributed by atoms with Gasteiger partial charge in [0.05, 0.1) is 34.2 Å². The second-order valence-corrected chi connectivity index (χ2v) is 6.95. The van der Waals surface area contributed by atoms with Crippen LogP contribution in [0.1, 0.15) is 32.1 Å². The van der Waals surface area contributed by atoms with Crippen LogP contribution in [0.5, 0.6) is 0 Å². The van der Waals surface area contributed by atoms with Crippen molar-refractivity contribution >= 4 is 31.2 Å². The molecule has 0 aromatic rings. The lowest BCUT2D eigenvalue weighted by molar-refractivity contribution is -0.869. The van der Waals surface area contributed by atoms with Gasteiger partial charge in [0.1, 0.15) is 0 Å². The van der Waals surface area contributed by atoms with Crippen LogP contribution in [0.15, 0.2) is 0 Å². The van der Waals surface area contributed by atoms with Crippen LogP contribution in [0.4, 0.5) is 0 Å². The first kappa shape index (κ1) is 18.1. The number of hydrogen-bond donors (Lipinski definition) is 3. The molecule has 0 aromatic heterocycles. The van der Waals surface area contributed by atoms with Crippen LogP contribution in [0, 0.1) is 0 Å². The third-order valence-corrected chi connectivity index (χ3v) is 3.53. The minimum atomic E-state index is 0.174. The Hall–Kier alpha value is 0.130. The van der Waals surface area contributed by atoms with E-state index < -0.39 is 0 Å². The van der Waals surface area contributed by atoms with Crippen LogP contribution < -0.4 is 5.32 Å². The first-order chi connectivity index (χ1) is 8.35. The second kappa shape index (κ2) is 9.98. The Balaban J connectivity index is 3.43. The van der Waals surface area contributed by atoms with Gasteiger partial charge in [-0.2, -0.15) is 25.3 Å². The number of unbranched alkanes of at least 4 members (excludes halogenated alkanes) is 1. The highest BCUT2D eigenvalue weighted by molar-refractivity contribution is 7.81. The topological polar surface area (TPSA) is 29.1 Å². The fourth-order valence-electron chi connectivity index (χ4n) is 1.58. The molecule has 1 amide bonds. The van der Waals surface area contributed by atoms with Gasteiger partial charge in [0.15, 0.2) is 0 Å². The molecule has 0 rings (SSSR count). The molecule has 108 valence electrons.